The highest BCUT2D eigenvalue weighted by Crippen LogP contribution is 2.30. The van der Waals surface area contributed by atoms with Crippen molar-refractivity contribution in [1.82, 2.24) is 0 Å². The molecule has 2 rings (SSSR count). The highest BCUT2D eigenvalue weighted by molar-refractivity contribution is 5.55. The molecule has 2 aromatic carbocycles. The molecule has 0 aliphatic heterocycles. The quantitative estimate of drug-likeness (QED) is 0.860. The zero-order valence-corrected chi connectivity index (χ0v) is 13.7. The van der Waals surface area contributed by atoms with Gasteiger partial charge in [0.25, 0.3) is 0 Å². The van der Waals surface area contributed by atoms with E-state index in [0.717, 1.165) is 12.3 Å². The van der Waals surface area contributed by atoms with E-state index in [4.69, 9.17) is 4.74 Å². The van der Waals surface area contributed by atoms with Gasteiger partial charge in [0.2, 0.25) is 0 Å². The van der Waals surface area contributed by atoms with E-state index >= 15 is 0 Å². The minimum Gasteiger partial charge on any atom is -0.496 e. The van der Waals surface area contributed by atoms with E-state index in [1.54, 1.807) is 7.11 Å². The Morgan fingerprint density at radius 3 is 2.43 bits per heavy atom. The van der Waals surface area contributed by atoms with Crippen LogP contribution in [0.2, 0.25) is 0 Å². The van der Waals surface area contributed by atoms with Gasteiger partial charge in [0.15, 0.2) is 0 Å². The number of para-hydroxylation sites is 1. The summed E-state index contributed by atoms with van der Waals surface area (Å²) in [4.78, 5) is 0. The minimum absolute atomic E-state index is 0.125. The van der Waals surface area contributed by atoms with E-state index in [1.165, 1.54) is 22.4 Å². The van der Waals surface area contributed by atoms with Crippen LogP contribution in [0.1, 0.15) is 37.5 Å². The third-order valence-electron chi connectivity index (χ3n) is 3.64. The zero-order chi connectivity index (χ0) is 15.5. The number of rotatable bonds is 4. The standard InChI is InChI=1S/C19H25NO/c1-14-10-11-18(21-5)15(12-14)13-20-17-9-7-6-8-16(17)19(2,3)4/h6-12,20H,13H2,1-5H3. The maximum Gasteiger partial charge on any atom is 0.123 e. The molecule has 0 saturated heterocycles. The molecule has 2 aromatic rings. The molecular weight excluding hydrogens is 258 g/mol. The molecule has 0 amide bonds. The first-order valence-electron chi connectivity index (χ1n) is 7.38. The molecule has 112 valence electrons. The van der Waals surface area contributed by atoms with Gasteiger partial charge in [-0.3, -0.25) is 0 Å². The smallest absolute Gasteiger partial charge is 0.123 e. The minimum atomic E-state index is 0.125. The van der Waals surface area contributed by atoms with Crippen LogP contribution in [-0.4, -0.2) is 7.11 Å². The number of anilines is 1. The van der Waals surface area contributed by atoms with Crippen molar-refractivity contribution in [3.8, 4) is 5.75 Å². The number of methoxy groups -OCH3 is 1. The highest BCUT2D eigenvalue weighted by atomic mass is 16.5. The van der Waals surface area contributed by atoms with Crippen molar-refractivity contribution < 1.29 is 4.74 Å². The molecule has 0 bridgehead atoms. The van der Waals surface area contributed by atoms with Gasteiger partial charge in [0, 0.05) is 17.8 Å². The molecule has 2 heteroatoms. The zero-order valence-electron chi connectivity index (χ0n) is 13.7. The van der Waals surface area contributed by atoms with Gasteiger partial charge in [-0.2, -0.15) is 0 Å². The average molecular weight is 283 g/mol. The van der Waals surface area contributed by atoms with Gasteiger partial charge in [-0.15, -0.1) is 0 Å². The summed E-state index contributed by atoms with van der Waals surface area (Å²) in [6, 6.07) is 14.8. The molecule has 0 saturated carbocycles. The summed E-state index contributed by atoms with van der Waals surface area (Å²) in [7, 11) is 1.72. The Hall–Kier alpha value is -1.96. The lowest BCUT2D eigenvalue weighted by atomic mass is 9.86. The molecule has 1 N–H and O–H groups in total. The van der Waals surface area contributed by atoms with Crippen molar-refractivity contribution in [2.45, 2.75) is 39.7 Å². The molecule has 2 nitrogen and oxygen atoms in total. The van der Waals surface area contributed by atoms with E-state index in [2.05, 4.69) is 69.4 Å². The summed E-state index contributed by atoms with van der Waals surface area (Å²) in [6.07, 6.45) is 0. The number of hydrogen-bond acceptors (Lipinski definition) is 2. The van der Waals surface area contributed by atoms with Crippen LogP contribution in [0.15, 0.2) is 42.5 Å². The van der Waals surface area contributed by atoms with E-state index in [9.17, 15) is 0 Å². The lowest BCUT2D eigenvalue weighted by Crippen LogP contribution is -2.15. The first-order chi connectivity index (χ1) is 9.91. The Balaban J connectivity index is 2.23. The van der Waals surface area contributed by atoms with E-state index < -0.39 is 0 Å². The monoisotopic (exact) mass is 283 g/mol. The van der Waals surface area contributed by atoms with Gasteiger partial charge < -0.3 is 10.1 Å². The van der Waals surface area contributed by atoms with Gasteiger partial charge in [-0.05, 0) is 30.0 Å². The molecule has 0 spiro atoms. The lowest BCUT2D eigenvalue weighted by Gasteiger charge is -2.23. The lowest BCUT2D eigenvalue weighted by molar-refractivity contribution is 0.410. The van der Waals surface area contributed by atoms with E-state index in [0.29, 0.717) is 0 Å². The molecule has 0 radical (unpaired) electrons. The molecule has 0 aliphatic rings. The Morgan fingerprint density at radius 2 is 1.76 bits per heavy atom. The predicted octanol–water partition coefficient (Wildman–Crippen LogP) is 4.91. The van der Waals surface area contributed by atoms with Gasteiger partial charge in [0.1, 0.15) is 5.75 Å². The van der Waals surface area contributed by atoms with Crippen molar-refractivity contribution >= 4 is 5.69 Å². The number of ether oxygens (including phenoxy) is 1. The number of benzene rings is 2. The van der Waals surface area contributed by atoms with Crippen molar-refractivity contribution in [2.24, 2.45) is 0 Å². The molecule has 0 atom stereocenters. The third kappa shape index (κ3) is 3.78. The fraction of sp³-hybridized carbons (Fsp3) is 0.368. The van der Waals surface area contributed by atoms with Gasteiger partial charge >= 0.3 is 0 Å². The summed E-state index contributed by atoms with van der Waals surface area (Å²) >= 11 is 0. The van der Waals surface area contributed by atoms with Crippen LogP contribution < -0.4 is 10.1 Å². The Bertz CT molecular complexity index is 611. The van der Waals surface area contributed by atoms with Crippen LogP contribution in [0.25, 0.3) is 0 Å². The van der Waals surface area contributed by atoms with E-state index in [-0.39, 0.29) is 5.41 Å². The number of nitrogens with one attached hydrogen (secondary N) is 1. The molecule has 0 aliphatic carbocycles. The molecule has 0 unspecified atom stereocenters. The van der Waals surface area contributed by atoms with Crippen LogP contribution in [0.3, 0.4) is 0 Å². The normalized spacial score (nSPS) is 11.3. The number of hydrogen-bond donors (Lipinski definition) is 1. The second-order valence-corrected chi connectivity index (χ2v) is 6.46. The molecule has 21 heavy (non-hydrogen) atoms. The summed E-state index contributed by atoms with van der Waals surface area (Å²) in [5, 5.41) is 3.56. The third-order valence-corrected chi connectivity index (χ3v) is 3.64. The highest BCUT2D eigenvalue weighted by Gasteiger charge is 2.17. The second kappa shape index (κ2) is 6.21. The van der Waals surface area contributed by atoms with Crippen molar-refractivity contribution in [3.63, 3.8) is 0 Å². The second-order valence-electron chi connectivity index (χ2n) is 6.46. The number of aryl methyl sites for hydroxylation is 1. The maximum atomic E-state index is 5.45. The SMILES string of the molecule is COc1ccc(C)cc1CNc1ccccc1C(C)(C)C. The Morgan fingerprint density at radius 1 is 1.05 bits per heavy atom. The summed E-state index contributed by atoms with van der Waals surface area (Å²) in [6.45, 7) is 9.58. The summed E-state index contributed by atoms with van der Waals surface area (Å²) in [5.41, 5.74) is 5.07. The van der Waals surface area contributed by atoms with Crippen LogP contribution in [0.4, 0.5) is 5.69 Å². The predicted molar refractivity (Wildman–Crippen MR) is 90.2 cm³/mol. The summed E-state index contributed by atoms with van der Waals surface area (Å²) in [5.74, 6) is 0.932. The van der Waals surface area contributed by atoms with Crippen molar-refractivity contribution in [2.75, 3.05) is 12.4 Å². The first kappa shape index (κ1) is 15.4. The first-order valence-corrected chi connectivity index (χ1v) is 7.38. The van der Waals surface area contributed by atoms with E-state index in [1.807, 2.05) is 6.07 Å². The largest absolute Gasteiger partial charge is 0.496 e. The molecule has 0 fully saturated rings. The van der Waals surface area contributed by atoms with Crippen LogP contribution in [0, 0.1) is 6.92 Å². The fourth-order valence-corrected chi connectivity index (χ4v) is 2.53. The van der Waals surface area contributed by atoms with Crippen molar-refractivity contribution in [3.05, 3.63) is 59.2 Å². The van der Waals surface area contributed by atoms with Gasteiger partial charge in [-0.25, -0.2) is 0 Å². The van der Waals surface area contributed by atoms with Gasteiger partial charge in [0.05, 0.1) is 7.11 Å². The molecule has 0 heterocycles. The molecular formula is C19H25NO. The van der Waals surface area contributed by atoms with Crippen molar-refractivity contribution in [1.29, 1.82) is 0 Å². The van der Waals surface area contributed by atoms with Gasteiger partial charge in [-0.1, -0.05) is 56.7 Å². The van der Waals surface area contributed by atoms with Crippen LogP contribution in [0.5, 0.6) is 5.75 Å². The molecule has 0 aromatic heterocycles. The average Bonchev–Trinajstić information content (AvgIpc) is 2.44. The van der Waals surface area contributed by atoms with Crippen LogP contribution >= 0.6 is 0 Å². The van der Waals surface area contributed by atoms with Crippen LogP contribution in [-0.2, 0) is 12.0 Å². The Kier molecular flexibility index (Phi) is 4.56. The fourth-order valence-electron chi connectivity index (χ4n) is 2.53. The topological polar surface area (TPSA) is 21.3 Å². The summed E-state index contributed by atoms with van der Waals surface area (Å²) < 4.78 is 5.45. The Labute approximate surface area is 128 Å². The maximum absolute atomic E-state index is 5.45.